The number of carbonyl (C=O) groups excluding carboxylic acids is 1. The van der Waals surface area contributed by atoms with Crippen LogP contribution in [0.3, 0.4) is 0 Å². The van der Waals surface area contributed by atoms with Crippen LogP contribution in [0, 0.1) is 0 Å². The number of nitrogens with one attached hydrogen (secondary N) is 1. The topological polar surface area (TPSA) is 156 Å². The Bertz CT molecular complexity index is 481. The lowest BCUT2D eigenvalue weighted by Gasteiger charge is -2.13. The van der Waals surface area contributed by atoms with E-state index >= 15 is 0 Å². The van der Waals surface area contributed by atoms with E-state index < -0.39 is 24.0 Å². The van der Waals surface area contributed by atoms with Gasteiger partial charge in [0.25, 0.3) is 0 Å². The number of unbranched alkanes of at least 4 members (excludes halogenated alkanes) is 9. The predicted molar refractivity (Wildman–Crippen MR) is 133 cm³/mol. The molecule has 0 heterocycles. The first-order chi connectivity index (χ1) is 15.3. The molecule has 8 nitrogen and oxygen atoms in total. The average Bonchev–Trinajstić information content (AvgIpc) is 2.75. The number of carboxylic acid groups (broad SMARTS) is 2. The summed E-state index contributed by atoms with van der Waals surface area (Å²) in [6.45, 7) is 2.83. The molecule has 0 saturated heterocycles. The van der Waals surface area contributed by atoms with Crippen molar-refractivity contribution in [2.45, 2.75) is 109 Å². The average molecular weight is 478 g/mol. The molecule has 0 aliphatic carbocycles. The number of thioether (sulfide) groups is 1. The Kier molecular flexibility index (Phi) is 25.0. The Morgan fingerprint density at radius 2 is 1.41 bits per heavy atom. The maximum atomic E-state index is 11.7. The van der Waals surface area contributed by atoms with Crippen LogP contribution in [0.1, 0.15) is 96.8 Å². The van der Waals surface area contributed by atoms with E-state index in [1.807, 2.05) is 6.26 Å². The molecule has 9 heteroatoms. The molecule has 0 aromatic carbocycles. The maximum absolute atomic E-state index is 11.7. The van der Waals surface area contributed by atoms with E-state index in [0.717, 1.165) is 31.4 Å². The highest BCUT2D eigenvalue weighted by Crippen LogP contribution is 2.10. The summed E-state index contributed by atoms with van der Waals surface area (Å²) in [5.74, 6) is -1.25. The molecule has 2 atom stereocenters. The normalized spacial score (nSPS) is 12.4. The minimum absolute atomic E-state index is 0.128. The molecule has 0 fully saturated rings. The third-order valence-corrected chi connectivity index (χ3v) is 5.68. The molecule has 0 aliphatic rings. The van der Waals surface area contributed by atoms with Gasteiger partial charge in [-0.2, -0.15) is 11.8 Å². The quantitative estimate of drug-likeness (QED) is 0.166. The minimum atomic E-state index is -0.936. The fourth-order valence-electron chi connectivity index (χ4n) is 2.99. The van der Waals surface area contributed by atoms with Crippen molar-refractivity contribution >= 4 is 29.6 Å². The van der Waals surface area contributed by atoms with Crippen LogP contribution < -0.4 is 16.8 Å². The monoisotopic (exact) mass is 477 g/mol. The SMILES string of the molecule is CCCCCCCCCCCC(=O)NC(CCSC)C(=O)O.NCCCC[C@H](N)C(=O)O. The van der Waals surface area contributed by atoms with Crippen molar-refractivity contribution in [1.82, 2.24) is 5.32 Å². The van der Waals surface area contributed by atoms with E-state index in [9.17, 15) is 14.4 Å². The molecule has 0 saturated carbocycles. The summed E-state index contributed by atoms with van der Waals surface area (Å²) in [7, 11) is 0. The standard InChI is InChI=1S/C17H33NO3S.C6H14N2O2/c1-3-4-5-6-7-8-9-10-11-12-16(19)18-15(17(20)21)13-14-22-2;7-4-2-1-3-5(8)6(9)10/h15H,3-14H2,1-2H3,(H,18,19)(H,20,21);5H,1-4,7-8H2,(H,9,10)/t;5-/m.0/s1. The molecule has 7 N–H and O–H groups in total. The van der Waals surface area contributed by atoms with Gasteiger partial charge in [-0.05, 0) is 44.2 Å². The van der Waals surface area contributed by atoms with Gasteiger partial charge in [0, 0.05) is 6.42 Å². The van der Waals surface area contributed by atoms with Gasteiger partial charge < -0.3 is 27.0 Å². The van der Waals surface area contributed by atoms with Crippen LogP contribution in [-0.2, 0) is 14.4 Å². The van der Waals surface area contributed by atoms with Gasteiger partial charge in [0.1, 0.15) is 12.1 Å². The Morgan fingerprint density at radius 1 is 0.844 bits per heavy atom. The fraction of sp³-hybridized carbons (Fsp3) is 0.870. The molecular weight excluding hydrogens is 430 g/mol. The van der Waals surface area contributed by atoms with E-state index in [0.29, 0.717) is 25.8 Å². The number of hydrogen-bond acceptors (Lipinski definition) is 6. The van der Waals surface area contributed by atoms with Gasteiger partial charge in [-0.3, -0.25) is 9.59 Å². The fourth-order valence-corrected chi connectivity index (χ4v) is 3.46. The third-order valence-electron chi connectivity index (χ3n) is 5.04. The molecule has 0 aliphatic heterocycles. The Balaban J connectivity index is 0. The van der Waals surface area contributed by atoms with E-state index in [-0.39, 0.29) is 5.91 Å². The molecule has 0 bridgehead atoms. The number of rotatable bonds is 20. The Hall–Kier alpha value is -1.32. The van der Waals surface area contributed by atoms with E-state index in [4.69, 9.17) is 21.7 Å². The summed E-state index contributed by atoms with van der Waals surface area (Å²) in [4.78, 5) is 32.9. The van der Waals surface area contributed by atoms with E-state index in [2.05, 4.69) is 12.2 Å². The maximum Gasteiger partial charge on any atom is 0.326 e. The lowest BCUT2D eigenvalue weighted by molar-refractivity contribution is -0.142. The van der Waals surface area contributed by atoms with Crippen LogP contribution in [0.2, 0.25) is 0 Å². The first kappa shape index (κ1) is 32.9. The van der Waals surface area contributed by atoms with Crippen LogP contribution in [0.5, 0.6) is 0 Å². The van der Waals surface area contributed by atoms with Crippen LogP contribution in [0.4, 0.5) is 0 Å². The van der Waals surface area contributed by atoms with Crippen LogP contribution in [-0.4, -0.2) is 58.7 Å². The largest absolute Gasteiger partial charge is 0.480 e. The van der Waals surface area contributed by atoms with E-state index in [1.165, 1.54) is 44.9 Å². The molecule has 190 valence electrons. The predicted octanol–water partition coefficient (Wildman–Crippen LogP) is 3.76. The number of nitrogens with two attached hydrogens (primary N) is 2. The Labute approximate surface area is 198 Å². The van der Waals surface area contributed by atoms with Gasteiger partial charge >= 0.3 is 11.9 Å². The molecular formula is C23H47N3O5S. The van der Waals surface area contributed by atoms with Crippen molar-refractivity contribution in [1.29, 1.82) is 0 Å². The zero-order chi connectivity index (χ0) is 24.6. The third kappa shape index (κ3) is 23.3. The molecule has 1 amide bonds. The summed E-state index contributed by atoms with van der Waals surface area (Å²) in [6.07, 6.45) is 15.9. The minimum Gasteiger partial charge on any atom is -0.480 e. The second-order valence-corrected chi connectivity index (χ2v) is 9.03. The highest BCUT2D eigenvalue weighted by Gasteiger charge is 2.18. The van der Waals surface area contributed by atoms with Crippen LogP contribution >= 0.6 is 11.8 Å². The number of amides is 1. The first-order valence-electron chi connectivity index (χ1n) is 12.0. The molecule has 0 aromatic rings. The van der Waals surface area contributed by atoms with Gasteiger partial charge in [0.05, 0.1) is 0 Å². The van der Waals surface area contributed by atoms with Gasteiger partial charge in [0.15, 0.2) is 0 Å². The summed E-state index contributed by atoms with van der Waals surface area (Å²) >= 11 is 1.59. The number of carbonyl (C=O) groups is 3. The smallest absolute Gasteiger partial charge is 0.326 e. The summed E-state index contributed by atoms with van der Waals surface area (Å²) in [5, 5.41) is 20.0. The highest BCUT2D eigenvalue weighted by atomic mass is 32.2. The van der Waals surface area contributed by atoms with Crippen molar-refractivity contribution in [3.05, 3.63) is 0 Å². The molecule has 32 heavy (non-hydrogen) atoms. The van der Waals surface area contributed by atoms with Crippen molar-refractivity contribution in [2.24, 2.45) is 11.5 Å². The number of aliphatic carboxylic acids is 2. The Morgan fingerprint density at radius 3 is 1.88 bits per heavy atom. The summed E-state index contributed by atoms with van der Waals surface area (Å²) in [5.41, 5.74) is 10.4. The molecule has 0 spiro atoms. The molecule has 0 radical (unpaired) electrons. The summed E-state index contributed by atoms with van der Waals surface area (Å²) < 4.78 is 0. The molecule has 1 unspecified atom stereocenters. The van der Waals surface area contributed by atoms with Gasteiger partial charge in [-0.25, -0.2) is 4.79 Å². The van der Waals surface area contributed by atoms with Crippen molar-refractivity contribution in [3.63, 3.8) is 0 Å². The van der Waals surface area contributed by atoms with Crippen LogP contribution in [0.25, 0.3) is 0 Å². The van der Waals surface area contributed by atoms with Gasteiger partial charge in [0.2, 0.25) is 5.91 Å². The number of hydrogen-bond donors (Lipinski definition) is 5. The zero-order valence-electron chi connectivity index (χ0n) is 20.2. The zero-order valence-corrected chi connectivity index (χ0v) is 21.0. The van der Waals surface area contributed by atoms with Gasteiger partial charge in [-0.1, -0.05) is 64.7 Å². The molecule has 0 aromatic heterocycles. The highest BCUT2D eigenvalue weighted by molar-refractivity contribution is 7.98. The van der Waals surface area contributed by atoms with Gasteiger partial charge in [-0.15, -0.1) is 0 Å². The van der Waals surface area contributed by atoms with E-state index in [1.54, 1.807) is 11.8 Å². The first-order valence-corrected chi connectivity index (χ1v) is 13.4. The summed E-state index contributed by atoms with van der Waals surface area (Å²) in [6, 6.07) is -1.45. The van der Waals surface area contributed by atoms with Crippen molar-refractivity contribution in [2.75, 3.05) is 18.6 Å². The second kappa shape index (κ2) is 24.3. The molecule has 0 rings (SSSR count). The van der Waals surface area contributed by atoms with Crippen molar-refractivity contribution < 1.29 is 24.6 Å². The second-order valence-electron chi connectivity index (χ2n) is 8.05. The number of carboxylic acids is 2. The van der Waals surface area contributed by atoms with Crippen LogP contribution in [0.15, 0.2) is 0 Å². The lowest BCUT2D eigenvalue weighted by atomic mass is 10.1. The lowest BCUT2D eigenvalue weighted by Crippen LogP contribution is -2.41. The van der Waals surface area contributed by atoms with Crippen molar-refractivity contribution in [3.8, 4) is 0 Å².